The van der Waals surface area contributed by atoms with E-state index in [-0.39, 0.29) is 0 Å². The smallest absolute Gasteiger partial charge is 0.118 e. The zero-order chi connectivity index (χ0) is 19.5. The highest BCUT2D eigenvalue weighted by Gasteiger charge is 2.14. The van der Waals surface area contributed by atoms with Crippen LogP contribution in [-0.4, -0.2) is 18.8 Å². The molecule has 0 aliphatic carbocycles. The minimum absolute atomic E-state index is 0.854. The van der Waals surface area contributed by atoms with E-state index in [1.54, 1.807) is 14.2 Å². The van der Waals surface area contributed by atoms with Crippen molar-refractivity contribution in [1.29, 1.82) is 0 Å². The van der Waals surface area contributed by atoms with Gasteiger partial charge in [0.25, 0.3) is 0 Å². The molecule has 0 spiro atoms. The van der Waals surface area contributed by atoms with Gasteiger partial charge < -0.3 is 14.0 Å². The Kier molecular flexibility index (Phi) is 4.90. The van der Waals surface area contributed by atoms with Gasteiger partial charge in [-0.2, -0.15) is 0 Å². The molecule has 3 heteroatoms. The second-order valence-corrected chi connectivity index (χ2v) is 6.74. The first-order valence-corrected chi connectivity index (χ1v) is 9.27. The van der Waals surface area contributed by atoms with Gasteiger partial charge in [-0.25, -0.2) is 0 Å². The summed E-state index contributed by atoms with van der Waals surface area (Å²) in [5.74, 6) is 1.71. The molecule has 0 amide bonds. The maximum absolute atomic E-state index is 5.31. The Labute approximate surface area is 165 Å². The number of methoxy groups -OCH3 is 2. The predicted molar refractivity (Wildman–Crippen MR) is 114 cm³/mol. The Balaban J connectivity index is 1.90. The molecule has 0 radical (unpaired) electrons. The van der Waals surface area contributed by atoms with E-state index in [0.29, 0.717) is 0 Å². The standard InChI is InChI=1S/C25H23NO2/c1-18-5-4-6-21(17-18)26-24(19-7-11-22(27-2)12-8-19)15-16-25(26)20-9-13-23(28-3)14-10-20/h4-17H,1-3H3. The third kappa shape index (κ3) is 3.39. The molecule has 0 fully saturated rings. The van der Waals surface area contributed by atoms with Gasteiger partial charge in [0.2, 0.25) is 0 Å². The van der Waals surface area contributed by atoms with E-state index >= 15 is 0 Å². The molecule has 0 atom stereocenters. The quantitative estimate of drug-likeness (QED) is 0.422. The molecule has 0 saturated heterocycles. The van der Waals surface area contributed by atoms with Crippen LogP contribution in [0.5, 0.6) is 11.5 Å². The van der Waals surface area contributed by atoms with E-state index in [1.165, 1.54) is 5.56 Å². The monoisotopic (exact) mass is 369 g/mol. The lowest BCUT2D eigenvalue weighted by atomic mass is 10.1. The van der Waals surface area contributed by atoms with Crippen molar-refractivity contribution < 1.29 is 9.47 Å². The number of benzene rings is 3. The molecular formula is C25H23NO2. The van der Waals surface area contributed by atoms with Gasteiger partial charge in [-0.05, 0) is 96.4 Å². The van der Waals surface area contributed by atoms with Crippen molar-refractivity contribution >= 4 is 0 Å². The van der Waals surface area contributed by atoms with Crippen LogP contribution in [-0.2, 0) is 0 Å². The average molecular weight is 369 g/mol. The SMILES string of the molecule is COc1ccc(-c2ccc(-c3ccc(OC)cc3)n2-c2cccc(C)c2)cc1. The molecule has 0 saturated carbocycles. The van der Waals surface area contributed by atoms with Crippen molar-refractivity contribution in [2.24, 2.45) is 0 Å². The summed E-state index contributed by atoms with van der Waals surface area (Å²) in [7, 11) is 3.37. The Morgan fingerprint density at radius 3 is 1.54 bits per heavy atom. The molecule has 1 heterocycles. The van der Waals surface area contributed by atoms with Crippen LogP contribution in [0.4, 0.5) is 0 Å². The van der Waals surface area contributed by atoms with Crippen LogP contribution in [0, 0.1) is 6.92 Å². The summed E-state index contributed by atoms with van der Waals surface area (Å²) in [6.45, 7) is 2.12. The fraction of sp³-hybridized carbons (Fsp3) is 0.120. The fourth-order valence-corrected chi connectivity index (χ4v) is 3.46. The lowest BCUT2D eigenvalue weighted by molar-refractivity contribution is 0.415. The highest BCUT2D eigenvalue weighted by Crippen LogP contribution is 2.34. The Morgan fingerprint density at radius 1 is 0.607 bits per heavy atom. The van der Waals surface area contributed by atoms with E-state index in [9.17, 15) is 0 Å². The van der Waals surface area contributed by atoms with E-state index in [4.69, 9.17) is 9.47 Å². The first-order chi connectivity index (χ1) is 13.7. The lowest BCUT2D eigenvalue weighted by Gasteiger charge is -2.15. The zero-order valence-electron chi connectivity index (χ0n) is 16.3. The van der Waals surface area contributed by atoms with Gasteiger partial charge in [0.1, 0.15) is 11.5 Å². The van der Waals surface area contributed by atoms with Crippen LogP contribution in [0.15, 0.2) is 84.9 Å². The minimum atomic E-state index is 0.854. The van der Waals surface area contributed by atoms with Gasteiger partial charge in [0, 0.05) is 5.69 Å². The maximum atomic E-state index is 5.31. The second kappa shape index (κ2) is 7.65. The average Bonchev–Trinajstić information content (AvgIpc) is 3.19. The summed E-state index contributed by atoms with van der Waals surface area (Å²) >= 11 is 0. The van der Waals surface area contributed by atoms with Gasteiger partial charge in [-0.3, -0.25) is 0 Å². The normalized spacial score (nSPS) is 10.7. The largest absolute Gasteiger partial charge is 0.497 e. The van der Waals surface area contributed by atoms with Crippen LogP contribution >= 0.6 is 0 Å². The third-order valence-electron chi connectivity index (χ3n) is 4.91. The van der Waals surface area contributed by atoms with Crippen molar-refractivity contribution in [2.45, 2.75) is 6.92 Å². The number of hydrogen-bond acceptors (Lipinski definition) is 2. The maximum Gasteiger partial charge on any atom is 0.118 e. The molecule has 4 rings (SSSR count). The molecule has 1 aromatic heterocycles. The summed E-state index contributed by atoms with van der Waals surface area (Å²) in [6, 6.07) is 29.3. The summed E-state index contributed by atoms with van der Waals surface area (Å²) in [5.41, 5.74) is 6.93. The molecule has 0 unspecified atom stereocenters. The number of aryl methyl sites for hydroxylation is 1. The van der Waals surface area contributed by atoms with E-state index < -0.39 is 0 Å². The van der Waals surface area contributed by atoms with Gasteiger partial charge in [-0.1, -0.05) is 12.1 Å². The lowest BCUT2D eigenvalue weighted by Crippen LogP contribution is -2.00. The first kappa shape index (κ1) is 17.9. The van der Waals surface area contributed by atoms with Crippen molar-refractivity contribution in [1.82, 2.24) is 4.57 Å². The third-order valence-corrected chi connectivity index (χ3v) is 4.91. The van der Waals surface area contributed by atoms with Crippen LogP contribution in [0.1, 0.15) is 5.56 Å². The summed E-state index contributed by atoms with van der Waals surface area (Å²) < 4.78 is 12.9. The number of hydrogen-bond donors (Lipinski definition) is 0. The van der Waals surface area contributed by atoms with E-state index in [1.807, 2.05) is 24.3 Å². The van der Waals surface area contributed by atoms with Gasteiger partial charge >= 0.3 is 0 Å². The summed E-state index contributed by atoms with van der Waals surface area (Å²) in [6.07, 6.45) is 0. The second-order valence-electron chi connectivity index (χ2n) is 6.74. The molecular weight excluding hydrogens is 346 g/mol. The predicted octanol–water partition coefficient (Wildman–Crippen LogP) is 6.14. The first-order valence-electron chi connectivity index (χ1n) is 9.27. The van der Waals surface area contributed by atoms with Crippen molar-refractivity contribution in [2.75, 3.05) is 14.2 Å². The van der Waals surface area contributed by atoms with Gasteiger partial charge in [-0.15, -0.1) is 0 Å². The van der Waals surface area contributed by atoms with Crippen LogP contribution in [0.3, 0.4) is 0 Å². The molecule has 4 aromatic rings. The zero-order valence-corrected chi connectivity index (χ0v) is 16.3. The van der Waals surface area contributed by atoms with Crippen molar-refractivity contribution in [3.8, 4) is 39.7 Å². The molecule has 3 aromatic carbocycles. The molecule has 3 nitrogen and oxygen atoms in total. The Morgan fingerprint density at radius 2 is 1.11 bits per heavy atom. The van der Waals surface area contributed by atoms with Gasteiger partial charge in [0.15, 0.2) is 0 Å². The molecule has 28 heavy (non-hydrogen) atoms. The van der Waals surface area contributed by atoms with Crippen LogP contribution in [0.25, 0.3) is 28.2 Å². The van der Waals surface area contributed by atoms with Crippen molar-refractivity contribution in [3.63, 3.8) is 0 Å². The Bertz CT molecular complexity index is 1010. The highest BCUT2D eigenvalue weighted by molar-refractivity contribution is 5.73. The van der Waals surface area contributed by atoms with Crippen molar-refractivity contribution in [3.05, 3.63) is 90.5 Å². The van der Waals surface area contributed by atoms with Gasteiger partial charge in [0.05, 0.1) is 25.6 Å². The number of rotatable bonds is 5. The molecule has 140 valence electrons. The summed E-state index contributed by atoms with van der Waals surface area (Å²) in [4.78, 5) is 0. The Hall–Kier alpha value is -3.46. The summed E-state index contributed by atoms with van der Waals surface area (Å²) in [5, 5.41) is 0. The number of aromatic nitrogens is 1. The molecule has 0 aliphatic heterocycles. The fourth-order valence-electron chi connectivity index (χ4n) is 3.46. The van der Waals surface area contributed by atoms with E-state index in [0.717, 1.165) is 39.7 Å². The topological polar surface area (TPSA) is 23.4 Å². The van der Waals surface area contributed by atoms with Crippen LogP contribution < -0.4 is 9.47 Å². The minimum Gasteiger partial charge on any atom is -0.497 e. The molecule has 0 N–H and O–H groups in total. The number of nitrogens with zero attached hydrogens (tertiary/aromatic N) is 1. The molecule has 0 bridgehead atoms. The van der Waals surface area contributed by atoms with Crippen LogP contribution in [0.2, 0.25) is 0 Å². The molecule has 0 aliphatic rings. The number of ether oxygens (including phenoxy) is 2. The highest BCUT2D eigenvalue weighted by atomic mass is 16.5. The van der Waals surface area contributed by atoms with E-state index in [2.05, 4.69) is 72.2 Å².